The molecule has 0 unspecified atom stereocenters. The van der Waals surface area contributed by atoms with Crippen LogP contribution in [0.15, 0.2) is 28.7 Å². The highest BCUT2D eigenvalue weighted by Gasteiger charge is 2.22. The highest BCUT2D eigenvalue weighted by molar-refractivity contribution is 5.95. The van der Waals surface area contributed by atoms with Gasteiger partial charge in [0, 0.05) is 24.3 Å². The molecular formula is C19H25N3O3. The maximum Gasteiger partial charge on any atom is 0.251 e. The highest BCUT2D eigenvalue weighted by Crippen LogP contribution is 2.27. The molecule has 1 fully saturated rings. The van der Waals surface area contributed by atoms with Crippen molar-refractivity contribution in [3.8, 4) is 11.5 Å². The largest absolute Gasteiger partial charge is 0.418 e. The fourth-order valence-corrected chi connectivity index (χ4v) is 3.41. The number of methoxy groups -OCH3 is 1. The summed E-state index contributed by atoms with van der Waals surface area (Å²) in [5.41, 5.74) is 1.35. The van der Waals surface area contributed by atoms with Gasteiger partial charge < -0.3 is 14.5 Å². The Labute approximate surface area is 148 Å². The quantitative estimate of drug-likeness (QED) is 0.867. The van der Waals surface area contributed by atoms with Gasteiger partial charge in [-0.25, -0.2) is 0 Å². The van der Waals surface area contributed by atoms with Crippen molar-refractivity contribution in [3.05, 3.63) is 35.7 Å². The van der Waals surface area contributed by atoms with Crippen molar-refractivity contribution in [1.29, 1.82) is 0 Å². The van der Waals surface area contributed by atoms with Crippen LogP contribution in [0.4, 0.5) is 0 Å². The van der Waals surface area contributed by atoms with Gasteiger partial charge in [0.05, 0.1) is 0 Å². The summed E-state index contributed by atoms with van der Waals surface area (Å²) in [7, 11) is 1.57. The summed E-state index contributed by atoms with van der Waals surface area (Å²) in [4.78, 5) is 12.6. The van der Waals surface area contributed by atoms with Crippen molar-refractivity contribution >= 4 is 5.91 Å². The molecule has 1 heterocycles. The van der Waals surface area contributed by atoms with E-state index >= 15 is 0 Å². The lowest BCUT2D eigenvalue weighted by atomic mass is 9.84. The Morgan fingerprint density at radius 1 is 1.36 bits per heavy atom. The minimum Gasteiger partial charge on any atom is -0.418 e. The summed E-state index contributed by atoms with van der Waals surface area (Å²) >= 11 is 0. The normalized spacial score (nSPS) is 20.4. The van der Waals surface area contributed by atoms with Crippen LogP contribution in [0, 0.1) is 5.92 Å². The predicted octanol–water partition coefficient (Wildman–Crippen LogP) is 3.58. The minimum absolute atomic E-state index is 0.0415. The topological polar surface area (TPSA) is 77.2 Å². The van der Waals surface area contributed by atoms with Gasteiger partial charge in [0.1, 0.15) is 6.61 Å². The average molecular weight is 343 g/mol. The molecule has 1 saturated carbocycles. The van der Waals surface area contributed by atoms with E-state index in [1.165, 1.54) is 19.3 Å². The van der Waals surface area contributed by atoms with Crippen LogP contribution in [0.1, 0.15) is 55.3 Å². The first-order chi connectivity index (χ1) is 12.2. The SMILES string of the molecule is CC[C@H]1CCC[C@@H](NC(=O)c2cccc(-c3nnc(COC)o3)c2)C1. The third-order valence-corrected chi connectivity index (χ3v) is 4.80. The number of hydrogen-bond donors (Lipinski definition) is 1. The van der Waals surface area contributed by atoms with E-state index in [0.29, 0.717) is 17.3 Å². The van der Waals surface area contributed by atoms with Gasteiger partial charge in [-0.15, -0.1) is 10.2 Å². The van der Waals surface area contributed by atoms with Crippen molar-refractivity contribution in [3.63, 3.8) is 0 Å². The lowest BCUT2D eigenvalue weighted by Gasteiger charge is -2.29. The monoisotopic (exact) mass is 343 g/mol. The molecule has 1 aromatic carbocycles. The van der Waals surface area contributed by atoms with Gasteiger partial charge in [-0.3, -0.25) is 4.79 Å². The van der Waals surface area contributed by atoms with Crippen molar-refractivity contribution in [1.82, 2.24) is 15.5 Å². The number of aromatic nitrogens is 2. The standard InChI is InChI=1S/C19H25N3O3/c1-3-13-6-4-9-16(10-13)20-18(23)14-7-5-8-15(11-14)19-22-21-17(25-19)12-24-2/h5,7-8,11,13,16H,3-4,6,9-10,12H2,1-2H3,(H,20,23)/t13-,16+/m0/s1. The van der Waals surface area contributed by atoms with Crippen LogP contribution in [-0.4, -0.2) is 29.3 Å². The molecule has 0 spiro atoms. The van der Waals surface area contributed by atoms with Crippen LogP contribution >= 0.6 is 0 Å². The van der Waals surface area contributed by atoms with Crippen LogP contribution in [0.25, 0.3) is 11.5 Å². The van der Waals surface area contributed by atoms with E-state index in [1.54, 1.807) is 13.2 Å². The number of nitrogens with zero attached hydrogens (tertiary/aromatic N) is 2. The first-order valence-electron chi connectivity index (χ1n) is 8.92. The minimum atomic E-state index is -0.0415. The number of benzene rings is 1. The Morgan fingerprint density at radius 3 is 3.04 bits per heavy atom. The summed E-state index contributed by atoms with van der Waals surface area (Å²) in [6, 6.07) is 7.56. The predicted molar refractivity (Wildman–Crippen MR) is 94.0 cm³/mol. The van der Waals surface area contributed by atoms with Crippen molar-refractivity contribution in [2.45, 2.75) is 51.7 Å². The summed E-state index contributed by atoms with van der Waals surface area (Å²) in [5.74, 6) is 1.49. The number of ether oxygens (including phenoxy) is 1. The Hall–Kier alpha value is -2.21. The molecule has 2 aromatic rings. The lowest BCUT2D eigenvalue weighted by Crippen LogP contribution is -2.38. The molecule has 6 heteroatoms. The number of rotatable bonds is 6. The molecular weight excluding hydrogens is 318 g/mol. The molecule has 0 bridgehead atoms. The smallest absolute Gasteiger partial charge is 0.251 e. The molecule has 1 amide bonds. The van der Waals surface area contributed by atoms with E-state index in [2.05, 4.69) is 22.4 Å². The van der Waals surface area contributed by atoms with E-state index in [-0.39, 0.29) is 18.6 Å². The number of amides is 1. The van der Waals surface area contributed by atoms with Gasteiger partial charge in [0.2, 0.25) is 11.8 Å². The molecule has 6 nitrogen and oxygen atoms in total. The Morgan fingerprint density at radius 2 is 2.24 bits per heavy atom. The fraction of sp³-hybridized carbons (Fsp3) is 0.526. The zero-order chi connectivity index (χ0) is 17.6. The lowest BCUT2D eigenvalue weighted by molar-refractivity contribution is 0.0919. The molecule has 1 aliphatic rings. The summed E-state index contributed by atoms with van der Waals surface area (Å²) in [6.07, 6.45) is 5.79. The third kappa shape index (κ3) is 4.45. The van der Waals surface area contributed by atoms with Crippen molar-refractivity contribution < 1.29 is 13.9 Å². The van der Waals surface area contributed by atoms with E-state index < -0.39 is 0 Å². The number of nitrogens with one attached hydrogen (secondary N) is 1. The maximum absolute atomic E-state index is 12.6. The molecule has 134 valence electrons. The second kappa shape index (κ2) is 8.25. The van der Waals surface area contributed by atoms with Crippen LogP contribution in [-0.2, 0) is 11.3 Å². The third-order valence-electron chi connectivity index (χ3n) is 4.80. The number of carbonyl (C=O) groups excluding carboxylic acids is 1. The Kier molecular flexibility index (Phi) is 5.81. The number of hydrogen-bond acceptors (Lipinski definition) is 5. The van der Waals surface area contributed by atoms with Gasteiger partial charge in [-0.1, -0.05) is 32.3 Å². The van der Waals surface area contributed by atoms with Crippen molar-refractivity contribution in [2.24, 2.45) is 5.92 Å². The van der Waals surface area contributed by atoms with Crippen LogP contribution in [0.2, 0.25) is 0 Å². The molecule has 1 N–H and O–H groups in total. The molecule has 3 rings (SSSR count). The molecule has 2 atom stereocenters. The van der Waals surface area contributed by atoms with E-state index in [0.717, 1.165) is 24.3 Å². The number of carbonyl (C=O) groups is 1. The second-order valence-electron chi connectivity index (χ2n) is 6.63. The molecule has 0 radical (unpaired) electrons. The van der Waals surface area contributed by atoms with Gasteiger partial charge >= 0.3 is 0 Å². The first kappa shape index (κ1) is 17.6. The van der Waals surface area contributed by atoms with Crippen molar-refractivity contribution in [2.75, 3.05) is 7.11 Å². The molecule has 1 aliphatic carbocycles. The van der Waals surface area contributed by atoms with E-state index in [4.69, 9.17) is 9.15 Å². The zero-order valence-electron chi connectivity index (χ0n) is 14.8. The van der Waals surface area contributed by atoms with Crippen LogP contribution in [0.3, 0.4) is 0 Å². The zero-order valence-corrected chi connectivity index (χ0v) is 14.8. The van der Waals surface area contributed by atoms with Crippen LogP contribution < -0.4 is 5.32 Å². The fourth-order valence-electron chi connectivity index (χ4n) is 3.41. The second-order valence-corrected chi connectivity index (χ2v) is 6.63. The summed E-state index contributed by atoms with van der Waals surface area (Å²) in [6.45, 7) is 2.49. The molecule has 25 heavy (non-hydrogen) atoms. The summed E-state index contributed by atoms with van der Waals surface area (Å²) in [5, 5.41) is 11.1. The van der Waals surface area contributed by atoms with Crippen LogP contribution in [0.5, 0.6) is 0 Å². The molecule has 1 aromatic heterocycles. The summed E-state index contributed by atoms with van der Waals surface area (Å²) < 4.78 is 10.5. The maximum atomic E-state index is 12.6. The Bertz CT molecular complexity index is 713. The van der Waals surface area contributed by atoms with E-state index in [9.17, 15) is 4.79 Å². The molecule has 0 aliphatic heterocycles. The van der Waals surface area contributed by atoms with Gasteiger partial charge in [0.15, 0.2) is 0 Å². The van der Waals surface area contributed by atoms with Gasteiger partial charge in [-0.05, 0) is 37.0 Å². The highest BCUT2D eigenvalue weighted by atomic mass is 16.5. The molecule has 0 saturated heterocycles. The van der Waals surface area contributed by atoms with Gasteiger partial charge in [-0.2, -0.15) is 0 Å². The van der Waals surface area contributed by atoms with E-state index in [1.807, 2.05) is 18.2 Å². The average Bonchev–Trinajstić information content (AvgIpc) is 3.11. The first-order valence-corrected chi connectivity index (χ1v) is 8.92. The Balaban J connectivity index is 1.68. The van der Waals surface area contributed by atoms with Gasteiger partial charge in [0.25, 0.3) is 5.91 Å².